The number of aromatic amines is 1. The van der Waals surface area contributed by atoms with Crippen LogP contribution in [0, 0.1) is 11.3 Å². The van der Waals surface area contributed by atoms with Crippen LogP contribution >= 0.6 is 0 Å². The van der Waals surface area contributed by atoms with Gasteiger partial charge in [0.25, 0.3) is 5.91 Å². The van der Waals surface area contributed by atoms with Crippen molar-refractivity contribution in [3.05, 3.63) is 40.2 Å². The van der Waals surface area contributed by atoms with Gasteiger partial charge in [0.05, 0.1) is 11.0 Å². The quantitative estimate of drug-likeness (QED) is 0.682. The Balaban J connectivity index is 1.92. The Bertz CT molecular complexity index is 1130. The molecule has 1 amide bonds. The molecular weight excluding hydrogens is 404 g/mol. The fraction of sp³-hybridized carbons (Fsp3) is 0.476. The predicted octanol–water partition coefficient (Wildman–Crippen LogP) is 2.51. The number of hydrogen-bond acceptors (Lipinski definition) is 5. The number of benzene rings is 1. The number of H-pyrrole nitrogens is 1. The van der Waals surface area contributed by atoms with Crippen molar-refractivity contribution >= 4 is 26.8 Å². The molecule has 1 heterocycles. The van der Waals surface area contributed by atoms with Gasteiger partial charge in [-0.25, -0.2) is 8.42 Å². The fourth-order valence-electron chi connectivity index (χ4n) is 3.72. The summed E-state index contributed by atoms with van der Waals surface area (Å²) in [5.74, 6) is -0.440. The van der Waals surface area contributed by atoms with E-state index < -0.39 is 21.4 Å². The fourth-order valence-corrected chi connectivity index (χ4v) is 4.92. The summed E-state index contributed by atoms with van der Waals surface area (Å²) >= 11 is 0. The highest BCUT2D eigenvalue weighted by molar-refractivity contribution is 7.89. The summed E-state index contributed by atoms with van der Waals surface area (Å²) in [6.07, 6.45) is 7.66. The van der Waals surface area contributed by atoms with Gasteiger partial charge in [-0.1, -0.05) is 25.7 Å². The van der Waals surface area contributed by atoms with Gasteiger partial charge in [-0.15, -0.1) is 0 Å². The van der Waals surface area contributed by atoms with E-state index in [-0.39, 0.29) is 34.9 Å². The molecule has 0 saturated heterocycles. The maximum Gasteiger partial charge on any atom is 0.256 e. The highest BCUT2D eigenvalue weighted by atomic mass is 32.2. The number of nitrogens with one attached hydrogen (secondary N) is 2. The highest BCUT2D eigenvalue weighted by Crippen LogP contribution is 2.20. The van der Waals surface area contributed by atoms with Crippen molar-refractivity contribution in [1.29, 1.82) is 5.26 Å². The molecule has 2 N–H and O–H groups in total. The summed E-state index contributed by atoms with van der Waals surface area (Å²) in [7, 11) is -2.46. The van der Waals surface area contributed by atoms with Crippen LogP contribution in [0.25, 0.3) is 10.9 Å². The van der Waals surface area contributed by atoms with Gasteiger partial charge < -0.3 is 10.3 Å². The van der Waals surface area contributed by atoms with E-state index in [0.717, 1.165) is 42.8 Å². The number of nitrogens with zero attached hydrogens (tertiary/aromatic N) is 2. The van der Waals surface area contributed by atoms with Gasteiger partial charge in [0.1, 0.15) is 5.56 Å². The number of pyridine rings is 1. The zero-order valence-corrected chi connectivity index (χ0v) is 17.8. The Kier molecular flexibility index (Phi) is 6.90. The van der Waals surface area contributed by atoms with Crippen LogP contribution in [0.2, 0.25) is 0 Å². The molecule has 0 radical (unpaired) electrons. The minimum Gasteiger partial charge on any atom is -0.360 e. The van der Waals surface area contributed by atoms with Crippen molar-refractivity contribution in [3.8, 4) is 6.07 Å². The van der Waals surface area contributed by atoms with E-state index in [1.54, 1.807) is 0 Å². The maximum absolute atomic E-state index is 13.0. The normalized spacial score (nSPS) is 15.6. The molecule has 1 aromatic carbocycles. The smallest absolute Gasteiger partial charge is 0.256 e. The van der Waals surface area contributed by atoms with Crippen LogP contribution in [0.5, 0.6) is 0 Å². The van der Waals surface area contributed by atoms with Crippen molar-refractivity contribution in [2.24, 2.45) is 0 Å². The summed E-state index contributed by atoms with van der Waals surface area (Å²) in [4.78, 5) is 28.5. The minimum atomic E-state index is -3.85. The van der Waals surface area contributed by atoms with E-state index in [9.17, 15) is 18.0 Å². The van der Waals surface area contributed by atoms with Gasteiger partial charge in [0.15, 0.2) is 0 Å². The molecule has 3 rings (SSSR count). The van der Waals surface area contributed by atoms with E-state index in [1.165, 1.54) is 31.4 Å². The molecule has 1 aliphatic carbocycles. The lowest BCUT2D eigenvalue weighted by atomic mass is 10.1. The zero-order chi connectivity index (χ0) is 21.7. The molecule has 1 fully saturated rings. The number of sulfonamides is 1. The Morgan fingerprint density at radius 2 is 1.97 bits per heavy atom. The van der Waals surface area contributed by atoms with Crippen molar-refractivity contribution in [1.82, 2.24) is 14.6 Å². The van der Waals surface area contributed by atoms with Crippen LogP contribution in [-0.4, -0.2) is 43.2 Å². The average molecular weight is 431 g/mol. The van der Waals surface area contributed by atoms with Crippen LogP contribution in [0.3, 0.4) is 0 Å². The SMILES string of the molecule is CN(CCC#N)S(=O)(=O)c1ccc2[nH]cc(C(=O)NC3CCCCCC3)c(=O)c2c1. The van der Waals surface area contributed by atoms with Crippen molar-refractivity contribution in [2.45, 2.75) is 55.9 Å². The van der Waals surface area contributed by atoms with Crippen LogP contribution in [0.1, 0.15) is 55.3 Å². The van der Waals surface area contributed by atoms with E-state index >= 15 is 0 Å². The van der Waals surface area contributed by atoms with Crippen LogP contribution in [-0.2, 0) is 10.0 Å². The second-order valence-electron chi connectivity index (χ2n) is 7.64. The number of hydrogen-bond donors (Lipinski definition) is 2. The second kappa shape index (κ2) is 9.41. The van der Waals surface area contributed by atoms with Crippen LogP contribution in [0.15, 0.2) is 34.1 Å². The van der Waals surface area contributed by atoms with Crippen molar-refractivity contribution < 1.29 is 13.2 Å². The molecule has 0 unspecified atom stereocenters. The molecule has 160 valence electrons. The molecule has 2 aromatic rings. The largest absolute Gasteiger partial charge is 0.360 e. The Labute approximate surface area is 175 Å². The molecule has 8 nitrogen and oxygen atoms in total. The number of nitriles is 1. The van der Waals surface area contributed by atoms with E-state index in [2.05, 4.69) is 10.3 Å². The summed E-state index contributed by atoms with van der Waals surface area (Å²) in [6.45, 7) is 0.0526. The first kappa shape index (κ1) is 22.0. The number of carbonyl (C=O) groups is 1. The molecule has 1 aliphatic rings. The maximum atomic E-state index is 13.0. The standard InChI is InChI=1S/C21H26N4O4S/c1-25(12-6-11-22)30(28,29)16-9-10-19-17(13-16)20(26)18(14-23-19)21(27)24-15-7-4-2-3-5-8-15/h9-10,13-15H,2-8,12H2,1H3,(H,23,26)(H,24,27). The lowest BCUT2D eigenvalue weighted by Crippen LogP contribution is -2.37. The van der Waals surface area contributed by atoms with Crippen molar-refractivity contribution in [3.63, 3.8) is 0 Å². The van der Waals surface area contributed by atoms with Gasteiger partial charge in [-0.05, 0) is 31.0 Å². The number of rotatable bonds is 6. The average Bonchev–Trinajstić information content (AvgIpc) is 3.00. The van der Waals surface area contributed by atoms with Gasteiger partial charge in [0.2, 0.25) is 15.5 Å². The summed E-state index contributed by atoms with van der Waals surface area (Å²) in [6, 6.07) is 6.16. The molecule has 0 bridgehead atoms. The number of carbonyl (C=O) groups excluding carboxylic acids is 1. The zero-order valence-electron chi connectivity index (χ0n) is 17.0. The third-order valence-corrected chi connectivity index (χ3v) is 7.39. The second-order valence-corrected chi connectivity index (χ2v) is 9.68. The van der Waals surface area contributed by atoms with E-state index in [4.69, 9.17) is 5.26 Å². The van der Waals surface area contributed by atoms with Gasteiger partial charge in [0, 0.05) is 43.2 Å². The first-order chi connectivity index (χ1) is 14.3. The Morgan fingerprint density at radius 1 is 1.27 bits per heavy atom. The Hall–Kier alpha value is -2.70. The first-order valence-electron chi connectivity index (χ1n) is 10.1. The lowest BCUT2D eigenvalue weighted by molar-refractivity contribution is 0.0932. The van der Waals surface area contributed by atoms with Gasteiger partial charge in [-0.3, -0.25) is 9.59 Å². The summed E-state index contributed by atoms with van der Waals surface area (Å²) in [5.41, 5.74) is -0.0876. The third-order valence-electron chi connectivity index (χ3n) is 5.53. The van der Waals surface area contributed by atoms with E-state index in [1.807, 2.05) is 6.07 Å². The van der Waals surface area contributed by atoms with Crippen LogP contribution < -0.4 is 10.7 Å². The van der Waals surface area contributed by atoms with Crippen LogP contribution in [0.4, 0.5) is 0 Å². The molecule has 0 aliphatic heterocycles. The van der Waals surface area contributed by atoms with E-state index in [0.29, 0.717) is 5.52 Å². The first-order valence-corrected chi connectivity index (χ1v) is 11.6. The summed E-state index contributed by atoms with van der Waals surface area (Å²) < 4.78 is 26.5. The predicted molar refractivity (Wildman–Crippen MR) is 114 cm³/mol. The molecule has 1 saturated carbocycles. The number of amides is 1. The van der Waals surface area contributed by atoms with Gasteiger partial charge >= 0.3 is 0 Å². The molecule has 9 heteroatoms. The highest BCUT2D eigenvalue weighted by Gasteiger charge is 2.23. The monoisotopic (exact) mass is 430 g/mol. The molecule has 0 spiro atoms. The molecule has 0 atom stereocenters. The molecular formula is C21H26N4O4S. The third kappa shape index (κ3) is 4.71. The molecule has 30 heavy (non-hydrogen) atoms. The minimum absolute atomic E-state index is 0.0286. The molecule has 1 aromatic heterocycles. The van der Waals surface area contributed by atoms with Gasteiger partial charge in [-0.2, -0.15) is 9.57 Å². The lowest BCUT2D eigenvalue weighted by Gasteiger charge is -2.17. The number of fused-ring (bicyclic) bond motifs is 1. The topological polar surface area (TPSA) is 123 Å². The number of aromatic nitrogens is 1. The Morgan fingerprint density at radius 3 is 2.63 bits per heavy atom. The summed E-state index contributed by atoms with van der Waals surface area (Å²) in [5, 5.41) is 11.8. The van der Waals surface area contributed by atoms with Crippen molar-refractivity contribution in [2.75, 3.05) is 13.6 Å².